The number of thiophene rings is 1. The third-order valence-corrected chi connectivity index (χ3v) is 11.1. The van der Waals surface area contributed by atoms with E-state index in [9.17, 15) is 10.5 Å². The highest BCUT2D eigenvalue weighted by atomic mass is 32.1. The van der Waals surface area contributed by atoms with Crippen LogP contribution in [0.5, 0.6) is 0 Å². The van der Waals surface area contributed by atoms with Gasteiger partial charge in [0, 0.05) is 53.4 Å². The van der Waals surface area contributed by atoms with E-state index in [0.717, 1.165) is 45.3 Å². The van der Waals surface area contributed by atoms with Crippen molar-refractivity contribution in [2.24, 2.45) is 0 Å². The average Bonchev–Trinajstić information content (AvgIpc) is 3.68. The molecule has 2 aliphatic rings. The summed E-state index contributed by atoms with van der Waals surface area (Å²) in [6.07, 6.45) is 3.54. The summed E-state index contributed by atoms with van der Waals surface area (Å²) in [5.74, 6) is 0. The van der Waals surface area contributed by atoms with Crippen molar-refractivity contribution < 1.29 is 0 Å². The highest BCUT2D eigenvalue weighted by Crippen LogP contribution is 2.51. The van der Waals surface area contributed by atoms with Gasteiger partial charge in [-0.2, -0.15) is 10.5 Å². The molecule has 0 N–H and O–H groups in total. The van der Waals surface area contributed by atoms with Crippen LogP contribution >= 0.6 is 11.3 Å². The fraction of sp³-hybridized carbons (Fsp3) is 0.122. The van der Waals surface area contributed by atoms with Gasteiger partial charge in [0.2, 0.25) is 0 Å². The highest BCUT2D eigenvalue weighted by Gasteiger charge is 2.35. The number of allylic oxidation sites excluding steroid dienone is 1. The summed E-state index contributed by atoms with van der Waals surface area (Å²) in [6, 6.07) is 39.6. The third-order valence-electron chi connectivity index (χ3n) is 9.98. The Morgan fingerprint density at radius 1 is 0.711 bits per heavy atom. The first-order valence-electron chi connectivity index (χ1n) is 15.4. The molecule has 0 radical (unpaired) electrons. The van der Waals surface area contributed by atoms with Gasteiger partial charge >= 0.3 is 0 Å². The van der Waals surface area contributed by atoms with Gasteiger partial charge in [-0.1, -0.05) is 74.5 Å². The molecule has 7 aromatic rings. The van der Waals surface area contributed by atoms with Crippen molar-refractivity contribution in [2.75, 3.05) is 0 Å². The topological polar surface area (TPSA) is 52.5 Å². The minimum absolute atomic E-state index is 0.0377. The Kier molecular flexibility index (Phi) is 5.37. The average molecular weight is 594 g/mol. The van der Waals surface area contributed by atoms with Gasteiger partial charge in [-0.3, -0.25) is 0 Å². The molecule has 4 heteroatoms. The summed E-state index contributed by atoms with van der Waals surface area (Å²) in [6.45, 7) is 4.66. The molecule has 0 bridgehead atoms. The van der Waals surface area contributed by atoms with Crippen LogP contribution in [0.4, 0.5) is 0 Å². The molecule has 3 nitrogen and oxygen atoms in total. The Bertz CT molecular complexity index is 2540. The van der Waals surface area contributed by atoms with Crippen LogP contribution in [0.2, 0.25) is 0 Å². The predicted molar refractivity (Wildman–Crippen MR) is 186 cm³/mol. The van der Waals surface area contributed by atoms with Gasteiger partial charge in [0.05, 0.1) is 28.9 Å². The van der Waals surface area contributed by atoms with E-state index in [1.807, 2.05) is 29.5 Å². The monoisotopic (exact) mass is 593 g/mol. The van der Waals surface area contributed by atoms with Gasteiger partial charge in [0.1, 0.15) is 0 Å². The van der Waals surface area contributed by atoms with Crippen LogP contribution in [0, 0.1) is 22.7 Å². The molecular weight excluding hydrogens is 567 g/mol. The standard InChI is InChI=1S/C41H27N3S/c1-41(2)33-11-5-3-9-27(33)30-20-32-29-16-15-25(19-38(29)45-39(32)21-34(30)41)40-26(23-43)8-7-13-37(40)44-35-12-6-4-10-28(35)31-18-24(22-42)14-17-36(31)44/h3-13,15-16,18-21H,14,17H2,1-2H3. The predicted octanol–water partition coefficient (Wildman–Crippen LogP) is 10.7. The number of aromatic nitrogens is 1. The van der Waals surface area contributed by atoms with Crippen LogP contribution < -0.4 is 0 Å². The summed E-state index contributed by atoms with van der Waals surface area (Å²) in [4.78, 5) is 0. The van der Waals surface area contributed by atoms with Gasteiger partial charge in [0.25, 0.3) is 0 Å². The molecule has 2 aromatic heterocycles. The van der Waals surface area contributed by atoms with Crippen molar-refractivity contribution in [3.63, 3.8) is 0 Å². The molecule has 0 amide bonds. The van der Waals surface area contributed by atoms with Crippen LogP contribution in [0.25, 0.3) is 65.1 Å². The SMILES string of the molecule is CC1(C)c2ccccc2-c2cc3c(cc21)sc1cc(-c2c(C#N)cccc2-n2c4c(c5ccccc52)C=C(C#N)CC4)ccc13. The van der Waals surface area contributed by atoms with Crippen LogP contribution in [0.1, 0.15) is 48.2 Å². The smallest absolute Gasteiger partial charge is 0.0998 e. The quantitative estimate of drug-likeness (QED) is 0.200. The van der Waals surface area contributed by atoms with E-state index < -0.39 is 0 Å². The zero-order chi connectivity index (χ0) is 30.4. The minimum atomic E-state index is -0.0377. The summed E-state index contributed by atoms with van der Waals surface area (Å²) >= 11 is 1.83. The maximum absolute atomic E-state index is 10.4. The second-order valence-electron chi connectivity index (χ2n) is 12.7. The van der Waals surface area contributed by atoms with E-state index in [0.29, 0.717) is 12.0 Å². The molecule has 45 heavy (non-hydrogen) atoms. The van der Waals surface area contributed by atoms with E-state index in [1.54, 1.807) is 0 Å². The summed E-state index contributed by atoms with van der Waals surface area (Å²) in [5.41, 5.74) is 13.2. The molecule has 2 aliphatic carbocycles. The largest absolute Gasteiger partial charge is 0.312 e. The second kappa shape index (κ2) is 9.29. The van der Waals surface area contributed by atoms with E-state index in [-0.39, 0.29) is 5.41 Å². The Labute approximate surface area is 265 Å². The molecule has 0 saturated heterocycles. The van der Waals surface area contributed by atoms with E-state index >= 15 is 0 Å². The maximum atomic E-state index is 10.4. The lowest BCUT2D eigenvalue weighted by atomic mass is 9.82. The first-order valence-corrected chi connectivity index (χ1v) is 16.2. The van der Waals surface area contributed by atoms with Gasteiger partial charge in [-0.15, -0.1) is 11.3 Å². The molecule has 0 unspecified atom stereocenters. The third kappa shape index (κ3) is 3.55. The van der Waals surface area contributed by atoms with Crippen molar-refractivity contribution in [3.05, 3.63) is 131 Å². The number of fused-ring (bicyclic) bond motifs is 9. The number of hydrogen-bond acceptors (Lipinski definition) is 3. The van der Waals surface area contributed by atoms with Gasteiger partial charge in [-0.25, -0.2) is 0 Å². The van der Waals surface area contributed by atoms with Crippen molar-refractivity contribution in [1.82, 2.24) is 4.57 Å². The zero-order valence-corrected chi connectivity index (χ0v) is 25.8. The molecule has 0 aliphatic heterocycles. The van der Waals surface area contributed by atoms with Gasteiger partial charge in [-0.05, 0) is 83.1 Å². The summed E-state index contributed by atoms with van der Waals surface area (Å²) < 4.78 is 4.84. The van der Waals surface area contributed by atoms with Crippen LogP contribution in [0.3, 0.4) is 0 Å². The van der Waals surface area contributed by atoms with Crippen LogP contribution in [0.15, 0.2) is 103 Å². The van der Waals surface area contributed by atoms with Gasteiger partial charge < -0.3 is 4.57 Å². The highest BCUT2D eigenvalue weighted by molar-refractivity contribution is 7.25. The first-order chi connectivity index (χ1) is 22.0. The lowest BCUT2D eigenvalue weighted by Gasteiger charge is -2.21. The van der Waals surface area contributed by atoms with Crippen LogP contribution in [-0.4, -0.2) is 4.57 Å². The minimum Gasteiger partial charge on any atom is -0.312 e. The number of benzene rings is 5. The molecule has 5 aromatic carbocycles. The molecule has 0 fully saturated rings. The Morgan fingerprint density at radius 3 is 2.40 bits per heavy atom. The Hall–Kier alpha value is -5.42. The number of nitrogens with zero attached hydrogens (tertiary/aromatic N) is 3. The number of hydrogen-bond donors (Lipinski definition) is 0. The van der Waals surface area contributed by atoms with Crippen molar-refractivity contribution in [1.29, 1.82) is 10.5 Å². The molecule has 0 saturated carbocycles. The number of para-hydroxylation sites is 1. The number of nitriles is 2. The van der Waals surface area contributed by atoms with Crippen molar-refractivity contribution in [2.45, 2.75) is 32.1 Å². The van der Waals surface area contributed by atoms with Crippen molar-refractivity contribution >= 4 is 48.5 Å². The van der Waals surface area contributed by atoms with E-state index in [2.05, 4.69) is 115 Å². The first kappa shape index (κ1) is 26.0. The summed E-state index contributed by atoms with van der Waals surface area (Å²) in [5, 5.41) is 23.7. The molecule has 0 spiro atoms. The number of rotatable bonds is 2. The van der Waals surface area contributed by atoms with Gasteiger partial charge in [0.15, 0.2) is 0 Å². The Morgan fingerprint density at radius 2 is 1.53 bits per heavy atom. The lowest BCUT2D eigenvalue weighted by molar-refractivity contribution is 0.661. The van der Waals surface area contributed by atoms with E-state index in [1.165, 1.54) is 48.1 Å². The van der Waals surface area contributed by atoms with Crippen molar-refractivity contribution in [3.8, 4) is 40.1 Å². The molecule has 212 valence electrons. The normalized spacial score (nSPS) is 14.5. The zero-order valence-electron chi connectivity index (χ0n) is 25.0. The molecular formula is C41H27N3S. The van der Waals surface area contributed by atoms with E-state index in [4.69, 9.17) is 0 Å². The second-order valence-corrected chi connectivity index (χ2v) is 13.8. The van der Waals surface area contributed by atoms with Crippen LogP contribution in [-0.2, 0) is 11.8 Å². The lowest BCUT2D eigenvalue weighted by Crippen LogP contribution is -2.14. The maximum Gasteiger partial charge on any atom is 0.0998 e. The Balaban J connectivity index is 1.27. The summed E-state index contributed by atoms with van der Waals surface area (Å²) in [7, 11) is 0. The molecule has 0 atom stereocenters. The molecule has 2 heterocycles. The fourth-order valence-corrected chi connectivity index (χ4v) is 9.00. The fourth-order valence-electron chi connectivity index (χ4n) is 7.84. The molecule has 9 rings (SSSR count).